The van der Waals surface area contributed by atoms with Crippen molar-refractivity contribution in [3.63, 3.8) is 0 Å². The van der Waals surface area contributed by atoms with E-state index in [9.17, 15) is 13.6 Å². The molecule has 0 aliphatic carbocycles. The van der Waals surface area contributed by atoms with Gasteiger partial charge in [-0.25, -0.2) is 13.8 Å². The third kappa shape index (κ3) is 4.18. The van der Waals surface area contributed by atoms with Gasteiger partial charge >= 0.3 is 0 Å². The molecule has 4 rings (SSSR count). The van der Waals surface area contributed by atoms with Crippen molar-refractivity contribution < 1.29 is 27.5 Å². The van der Waals surface area contributed by atoms with Crippen molar-refractivity contribution >= 4 is 22.6 Å². The lowest BCUT2D eigenvalue weighted by atomic mass is 10.1. The van der Waals surface area contributed by atoms with Gasteiger partial charge in [-0.1, -0.05) is 12.1 Å². The quantitative estimate of drug-likeness (QED) is 0.688. The predicted molar refractivity (Wildman–Crippen MR) is 106 cm³/mol. The maximum absolute atomic E-state index is 14.2. The molecule has 156 valence electrons. The Kier molecular flexibility index (Phi) is 5.76. The minimum absolute atomic E-state index is 0.0404. The highest BCUT2D eigenvalue weighted by Crippen LogP contribution is 2.25. The third-order valence-electron chi connectivity index (χ3n) is 4.85. The lowest BCUT2D eigenvalue weighted by molar-refractivity contribution is 0.0854. The van der Waals surface area contributed by atoms with Gasteiger partial charge < -0.3 is 19.2 Å². The van der Waals surface area contributed by atoms with E-state index < -0.39 is 17.5 Å². The van der Waals surface area contributed by atoms with Crippen LogP contribution in [0.3, 0.4) is 0 Å². The van der Waals surface area contributed by atoms with Crippen molar-refractivity contribution in [3.05, 3.63) is 65.2 Å². The van der Waals surface area contributed by atoms with Gasteiger partial charge in [-0.15, -0.1) is 0 Å². The zero-order valence-corrected chi connectivity index (χ0v) is 16.3. The van der Waals surface area contributed by atoms with Crippen molar-refractivity contribution in [2.24, 2.45) is 4.99 Å². The van der Waals surface area contributed by atoms with Crippen molar-refractivity contribution in [2.75, 3.05) is 20.3 Å². The highest BCUT2D eigenvalue weighted by Gasteiger charge is 2.19. The molecule has 0 spiro atoms. The molecule has 0 bridgehead atoms. The number of hydrogen-bond donors (Lipinski definition) is 1. The van der Waals surface area contributed by atoms with E-state index in [-0.39, 0.29) is 22.9 Å². The van der Waals surface area contributed by atoms with Gasteiger partial charge in [0.15, 0.2) is 17.1 Å². The number of benzene rings is 2. The summed E-state index contributed by atoms with van der Waals surface area (Å²) in [6, 6.07) is 9.82. The second-order valence-corrected chi connectivity index (χ2v) is 6.90. The Bertz CT molecular complexity index is 1150. The number of halogens is 2. The van der Waals surface area contributed by atoms with Crippen LogP contribution in [0.1, 0.15) is 23.2 Å². The summed E-state index contributed by atoms with van der Waals surface area (Å²) in [7, 11) is 1.49. The lowest BCUT2D eigenvalue weighted by Gasteiger charge is -2.12. The molecule has 8 heteroatoms. The van der Waals surface area contributed by atoms with E-state index in [1.54, 1.807) is 24.3 Å². The fraction of sp³-hybridized carbons (Fsp3) is 0.273. The van der Waals surface area contributed by atoms with Crippen molar-refractivity contribution in [1.82, 2.24) is 5.32 Å². The number of amides is 1. The smallest absolute Gasteiger partial charge is 0.256 e. The number of rotatable bonds is 5. The maximum Gasteiger partial charge on any atom is 0.256 e. The number of nitrogens with zero attached hydrogens (tertiary/aromatic N) is 1. The first-order chi connectivity index (χ1) is 14.5. The molecule has 6 nitrogen and oxygen atoms in total. The summed E-state index contributed by atoms with van der Waals surface area (Å²) in [5, 5.41) is 3.44. The Morgan fingerprint density at radius 3 is 2.87 bits per heavy atom. The van der Waals surface area contributed by atoms with E-state index in [1.807, 2.05) is 0 Å². The van der Waals surface area contributed by atoms with Crippen molar-refractivity contribution in [1.29, 1.82) is 0 Å². The van der Waals surface area contributed by atoms with Crippen LogP contribution in [0.5, 0.6) is 5.75 Å². The summed E-state index contributed by atoms with van der Waals surface area (Å²) < 4.78 is 44.1. The molecule has 3 aromatic rings. The molecule has 1 N–H and O–H groups in total. The first-order valence-electron chi connectivity index (χ1n) is 9.55. The van der Waals surface area contributed by atoms with Crippen LogP contribution in [0.25, 0.3) is 11.0 Å². The van der Waals surface area contributed by atoms with Crippen LogP contribution in [-0.4, -0.2) is 32.3 Å². The highest BCUT2D eigenvalue weighted by atomic mass is 19.1. The van der Waals surface area contributed by atoms with Crippen LogP contribution in [-0.2, 0) is 4.74 Å². The van der Waals surface area contributed by atoms with Crippen LogP contribution in [0, 0.1) is 11.6 Å². The molecule has 0 saturated carbocycles. The largest absolute Gasteiger partial charge is 0.493 e. The number of carbonyl (C=O) groups is 1. The van der Waals surface area contributed by atoms with Gasteiger partial charge in [0.25, 0.3) is 5.91 Å². The van der Waals surface area contributed by atoms with Crippen LogP contribution in [0.4, 0.5) is 14.5 Å². The molecule has 1 aromatic heterocycles. The van der Waals surface area contributed by atoms with E-state index >= 15 is 0 Å². The van der Waals surface area contributed by atoms with Gasteiger partial charge in [-0.2, -0.15) is 0 Å². The average molecular weight is 414 g/mol. The number of carbonyl (C=O) groups excluding carboxylic acids is 1. The Labute approximate surface area is 171 Å². The number of hydrogen-bond acceptors (Lipinski definition) is 5. The van der Waals surface area contributed by atoms with Crippen molar-refractivity contribution in [3.8, 4) is 5.75 Å². The van der Waals surface area contributed by atoms with Gasteiger partial charge in [0.05, 0.1) is 13.2 Å². The summed E-state index contributed by atoms with van der Waals surface area (Å²) in [6.45, 7) is 1.02. The molecular formula is C22H20F2N2O4. The monoisotopic (exact) mass is 414 g/mol. The molecule has 0 radical (unpaired) electrons. The summed E-state index contributed by atoms with van der Waals surface area (Å²) in [5.41, 5.74) is 0.222. The first-order valence-corrected chi connectivity index (χ1v) is 9.55. The van der Waals surface area contributed by atoms with Gasteiger partial charge in [0.1, 0.15) is 17.1 Å². The normalized spacial score (nSPS) is 16.8. The molecule has 1 fully saturated rings. The van der Waals surface area contributed by atoms with Crippen LogP contribution in [0.15, 0.2) is 51.9 Å². The molecule has 1 atom stereocenters. The molecular weight excluding hydrogens is 394 g/mol. The maximum atomic E-state index is 14.2. The highest BCUT2D eigenvalue weighted by molar-refractivity contribution is 5.97. The first kappa shape index (κ1) is 20.0. The number of fused-ring (bicyclic) bond motifs is 1. The summed E-state index contributed by atoms with van der Waals surface area (Å²) in [5.74, 6) is -1.58. The zero-order chi connectivity index (χ0) is 21.1. The van der Waals surface area contributed by atoms with E-state index in [1.165, 1.54) is 13.2 Å². The Balaban J connectivity index is 1.81. The minimum Gasteiger partial charge on any atom is -0.493 e. The molecule has 1 aliphatic rings. The second kappa shape index (κ2) is 8.62. The Hall–Kier alpha value is -3.26. The van der Waals surface area contributed by atoms with Crippen molar-refractivity contribution in [2.45, 2.75) is 18.9 Å². The lowest BCUT2D eigenvalue weighted by Crippen LogP contribution is -2.34. The average Bonchev–Trinajstić information content (AvgIpc) is 3.26. The second-order valence-electron chi connectivity index (χ2n) is 6.90. The number of ether oxygens (including phenoxy) is 2. The fourth-order valence-electron chi connectivity index (χ4n) is 3.32. The van der Waals surface area contributed by atoms with Gasteiger partial charge in [0, 0.05) is 24.6 Å². The van der Waals surface area contributed by atoms with Crippen LogP contribution >= 0.6 is 0 Å². The molecule has 2 aromatic carbocycles. The Morgan fingerprint density at radius 2 is 2.13 bits per heavy atom. The standard InChI is InChI=1S/C22H20F2N2O4/c1-28-19-6-2-4-13-10-16(21(27)25-12-15-5-3-9-29-15)22(30-20(13)19)26-18-8-7-14(23)11-17(18)24/h2,4,6-8,10-11,15H,3,5,9,12H2,1H3,(H,25,27). The van der Waals surface area contributed by atoms with E-state index in [4.69, 9.17) is 13.9 Å². The fourth-order valence-corrected chi connectivity index (χ4v) is 3.32. The van der Waals surface area contributed by atoms with Gasteiger partial charge in [-0.05, 0) is 37.1 Å². The predicted octanol–water partition coefficient (Wildman–Crippen LogP) is 3.86. The van der Waals surface area contributed by atoms with E-state index in [2.05, 4.69) is 10.3 Å². The molecule has 1 aliphatic heterocycles. The van der Waals surface area contributed by atoms with Crippen LogP contribution < -0.4 is 15.6 Å². The van der Waals surface area contributed by atoms with Gasteiger partial charge in [-0.3, -0.25) is 4.79 Å². The van der Waals surface area contributed by atoms with E-state index in [0.717, 1.165) is 25.0 Å². The third-order valence-corrected chi connectivity index (χ3v) is 4.85. The summed E-state index contributed by atoms with van der Waals surface area (Å²) in [6.07, 6.45) is 1.79. The molecule has 1 unspecified atom stereocenters. The van der Waals surface area contributed by atoms with Gasteiger partial charge in [0.2, 0.25) is 5.55 Å². The topological polar surface area (TPSA) is 73.1 Å². The number of para-hydroxylation sites is 1. The molecule has 2 heterocycles. The Morgan fingerprint density at radius 1 is 1.27 bits per heavy atom. The number of methoxy groups -OCH3 is 1. The SMILES string of the molecule is COc1cccc2cc(C(=O)NCC3CCCO3)c(=Nc3ccc(F)cc3F)oc12. The molecule has 30 heavy (non-hydrogen) atoms. The summed E-state index contributed by atoms with van der Waals surface area (Å²) >= 11 is 0. The zero-order valence-electron chi connectivity index (χ0n) is 16.3. The van der Waals surface area contributed by atoms with Crippen LogP contribution in [0.2, 0.25) is 0 Å². The minimum atomic E-state index is -0.865. The molecule has 1 saturated heterocycles. The number of nitrogens with one attached hydrogen (secondary N) is 1. The van der Waals surface area contributed by atoms with E-state index in [0.29, 0.717) is 29.9 Å². The molecule has 1 amide bonds. The summed E-state index contributed by atoms with van der Waals surface area (Å²) in [4.78, 5) is 17.0.